The summed E-state index contributed by atoms with van der Waals surface area (Å²) in [5.41, 5.74) is 4.26. The van der Waals surface area contributed by atoms with Gasteiger partial charge in [0, 0.05) is 23.0 Å². The first-order valence-corrected chi connectivity index (χ1v) is 10.3. The molecule has 0 spiro atoms. The van der Waals surface area contributed by atoms with Crippen molar-refractivity contribution in [2.45, 2.75) is 90.4 Å². The minimum Gasteiger partial charge on any atom is -0.358 e. The molecule has 1 aromatic carbocycles. The van der Waals surface area contributed by atoms with Crippen molar-refractivity contribution in [2.75, 3.05) is 0 Å². The van der Waals surface area contributed by atoms with Gasteiger partial charge in [0.1, 0.15) is 0 Å². The van der Waals surface area contributed by atoms with Gasteiger partial charge in [-0.2, -0.15) is 5.26 Å². The lowest BCUT2D eigenvalue weighted by Gasteiger charge is -2.06. The van der Waals surface area contributed by atoms with Crippen molar-refractivity contribution < 1.29 is 0 Å². The van der Waals surface area contributed by atoms with E-state index in [2.05, 4.69) is 42.2 Å². The smallest absolute Gasteiger partial charge is 0.0621 e. The van der Waals surface area contributed by atoms with E-state index in [9.17, 15) is 0 Å². The molecule has 0 aliphatic heterocycles. The molecular formula is C23H34N2. The molecule has 1 aromatic heterocycles. The predicted molar refractivity (Wildman–Crippen MR) is 108 cm³/mol. The molecule has 1 N–H and O–H groups in total. The lowest BCUT2D eigenvalue weighted by molar-refractivity contribution is 0.586. The van der Waals surface area contributed by atoms with Gasteiger partial charge in [0.15, 0.2) is 0 Å². The number of nitrogens with zero attached hydrogens (tertiary/aromatic N) is 1. The zero-order valence-electron chi connectivity index (χ0n) is 15.9. The molecule has 2 nitrogen and oxygen atoms in total. The normalized spacial score (nSPS) is 11.0. The number of nitriles is 1. The maximum atomic E-state index is 8.67. The first kappa shape index (κ1) is 19.6. The molecule has 2 aromatic rings. The fraction of sp³-hybridized carbons (Fsp3) is 0.609. The third-order valence-electron chi connectivity index (χ3n) is 5.15. The van der Waals surface area contributed by atoms with E-state index < -0.39 is 0 Å². The summed E-state index contributed by atoms with van der Waals surface area (Å²) in [4.78, 5) is 3.68. The summed E-state index contributed by atoms with van der Waals surface area (Å²) in [6.07, 6.45) is 15.9. The topological polar surface area (TPSA) is 39.6 Å². The Labute approximate surface area is 153 Å². The maximum absolute atomic E-state index is 8.67. The Balaban J connectivity index is 1.86. The van der Waals surface area contributed by atoms with Crippen LogP contribution >= 0.6 is 0 Å². The number of para-hydroxylation sites is 1. The quantitative estimate of drug-likeness (QED) is 0.389. The van der Waals surface area contributed by atoms with Crippen LogP contribution in [0.3, 0.4) is 0 Å². The Kier molecular flexibility index (Phi) is 9.19. The summed E-state index contributed by atoms with van der Waals surface area (Å²) in [6, 6.07) is 11.0. The highest BCUT2D eigenvalue weighted by molar-refractivity contribution is 5.84. The van der Waals surface area contributed by atoms with Gasteiger partial charge in [-0.1, -0.05) is 70.1 Å². The molecule has 0 amide bonds. The Morgan fingerprint density at radius 1 is 0.840 bits per heavy atom. The van der Waals surface area contributed by atoms with E-state index in [1.165, 1.54) is 79.9 Å². The second-order valence-electron chi connectivity index (χ2n) is 7.22. The van der Waals surface area contributed by atoms with E-state index in [0.29, 0.717) is 6.42 Å². The number of rotatable bonds is 13. The average Bonchev–Trinajstić information content (AvgIpc) is 2.98. The lowest BCUT2D eigenvalue weighted by Crippen LogP contribution is -1.94. The van der Waals surface area contributed by atoms with E-state index in [0.717, 1.165) is 19.3 Å². The standard InChI is InChI=1S/C23H34N2/c1-2-3-4-5-6-7-11-17-22-20(15-10-8-9-14-19-24)21-16-12-13-18-23(21)25-22/h12-13,16,18,25H,2-11,14-15,17H2,1H3. The number of hydrogen-bond donors (Lipinski definition) is 1. The van der Waals surface area contributed by atoms with Crippen LogP contribution in [-0.2, 0) is 12.8 Å². The summed E-state index contributed by atoms with van der Waals surface area (Å²) in [5, 5.41) is 10.1. The molecule has 0 radical (unpaired) electrons. The number of nitrogens with one attached hydrogen (secondary N) is 1. The van der Waals surface area contributed by atoms with E-state index in [1.54, 1.807) is 0 Å². The zero-order chi connectivity index (χ0) is 17.7. The van der Waals surface area contributed by atoms with Gasteiger partial charge in [0.2, 0.25) is 0 Å². The van der Waals surface area contributed by atoms with Crippen molar-refractivity contribution in [3.05, 3.63) is 35.5 Å². The number of unbranched alkanes of at least 4 members (excludes halogenated alkanes) is 9. The highest BCUT2D eigenvalue weighted by Gasteiger charge is 2.10. The molecule has 2 heteroatoms. The average molecular weight is 339 g/mol. The SMILES string of the molecule is CCCCCCCCCc1[nH]c2ccccc2c1CCCCCC#N. The van der Waals surface area contributed by atoms with Crippen molar-refractivity contribution in [1.29, 1.82) is 5.26 Å². The van der Waals surface area contributed by atoms with E-state index >= 15 is 0 Å². The van der Waals surface area contributed by atoms with Gasteiger partial charge >= 0.3 is 0 Å². The van der Waals surface area contributed by atoms with Crippen molar-refractivity contribution in [2.24, 2.45) is 0 Å². The molecular weight excluding hydrogens is 304 g/mol. The number of aryl methyl sites for hydroxylation is 2. The van der Waals surface area contributed by atoms with Gasteiger partial charge in [-0.3, -0.25) is 0 Å². The Bertz CT molecular complexity index is 648. The van der Waals surface area contributed by atoms with Crippen LogP contribution in [-0.4, -0.2) is 4.98 Å². The van der Waals surface area contributed by atoms with E-state index in [4.69, 9.17) is 5.26 Å². The second kappa shape index (κ2) is 11.7. The Morgan fingerprint density at radius 3 is 2.32 bits per heavy atom. The van der Waals surface area contributed by atoms with Crippen LogP contribution in [0.25, 0.3) is 10.9 Å². The fourth-order valence-corrected chi connectivity index (χ4v) is 3.70. The molecule has 0 unspecified atom stereocenters. The van der Waals surface area contributed by atoms with Gasteiger partial charge in [-0.25, -0.2) is 0 Å². The van der Waals surface area contributed by atoms with Gasteiger partial charge < -0.3 is 4.98 Å². The van der Waals surface area contributed by atoms with Crippen LogP contribution < -0.4 is 0 Å². The first-order chi connectivity index (χ1) is 12.4. The number of benzene rings is 1. The third-order valence-corrected chi connectivity index (χ3v) is 5.15. The van der Waals surface area contributed by atoms with Gasteiger partial charge in [0.05, 0.1) is 6.07 Å². The molecule has 2 rings (SSSR count). The van der Waals surface area contributed by atoms with Crippen LogP contribution in [0.15, 0.2) is 24.3 Å². The third kappa shape index (κ3) is 6.58. The number of H-pyrrole nitrogens is 1. The first-order valence-electron chi connectivity index (χ1n) is 10.3. The lowest BCUT2D eigenvalue weighted by atomic mass is 10.00. The summed E-state index contributed by atoms with van der Waals surface area (Å²) in [6.45, 7) is 2.28. The number of hydrogen-bond acceptors (Lipinski definition) is 1. The number of aromatic amines is 1. The Hall–Kier alpha value is -1.75. The summed E-state index contributed by atoms with van der Waals surface area (Å²) in [7, 11) is 0. The molecule has 0 saturated carbocycles. The van der Waals surface area contributed by atoms with Crippen LogP contribution in [0.1, 0.15) is 88.8 Å². The molecule has 0 saturated heterocycles. The van der Waals surface area contributed by atoms with E-state index in [-0.39, 0.29) is 0 Å². The van der Waals surface area contributed by atoms with Gasteiger partial charge in [-0.05, 0) is 43.7 Å². The van der Waals surface area contributed by atoms with Crippen molar-refractivity contribution in [3.8, 4) is 6.07 Å². The fourth-order valence-electron chi connectivity index (χ4n) is 3.70. The van der Waals surface area contributed by atoms with E-state index in [1.807, 2.05) is 0 Å². The number of aromatic nitrogens is 1. The molecule has 1 heterocycles. The minimum atomic E-state index is 0.693. The summed E-state index contributed by atoms with van der Waals surface area (Å²) < 4.78 is 0. The zero-order valence-corrected chi connectivity index (χ0v) is 15.9. The van der Waals surface area contributed by atoms with Crippen LogP contribution in [0.2, 0.25) is 0 Å². The minimum absolute atomic E-state index is 0.693. The predicted octanol–water partition coefficient (Wildman–Crippen LogP) is 7.09. The van der Waals surface area contributed by atoms with Crippen LogP contribution in [0.4, 0.5) is 0 Å². The number of fused-ring (bicyclic) bond motifs is 1. The highest BCUT2D eigenvalue weighted by Crippen LogP contribution is 2.26. The molecule has 0 atom stereocenters. The van der Waals surface area contributed by atoms with Crippen molar-refractivity contribution >= 4 is 10.9 Å². The van der Waals surface area contributed by atoms with Crippen molar-refractivity contribution in [1.82, 2.24) is 4.98 Å². The summed E-state index contributed by atoms with van der Waals surface area (Å²) in [5.74, 6) is 0. The summed E-state index contributed by atoms with van der Waals surface area (Å²) >= 11 is 0. The maximum Gasteiger partial charge on any atom is 0.0621 e. The van der Waals surface area contributed by atoms with Crippen LogP contribution in [0.5, 0.6) is 0 Å². The molecule has 0 aliphatic rings. The molecule has 0 fully saturated rings. The van der Waals surface area contributed by atoms with Crippen LogP contribution in [0, 0.1) is 11.3 Å². The highest BCUT2D eigenvalue weighted by atomic mass is 14.7. The largest absolute Gasteiger partial charge is 0.358 e. The Morgan fingerprint density at radius 2 is 1.52 bits per heavy atom. The van der Waals surface area contributed by atoms with Gasteiger partial charge in [0.25, 0.3) is 0 Å². The molecule has 0 aliphatic carbocycles. The second-order valence-corrected chi connectivity index (χ2v) is 7.22. The molecule has 0 bridgehead atoms. The molecule has 25 heavy (non-hydrogen) atoms. The molecule has 136 valence electrons. The van der Waals surface area contributed by atoms with Crippen molar-refractivity contribution in [3.63, 3.8) is 0 Å². The monoisotopic (exact) mass is 338 g/mol. The van der Waals surface area contributed by atoms with Gasteiger partial charge in [-0.15, -0.1) is 0 Å².